The number of nitrogens with two attached hydrogens (primary N) is 1. The fraction of sp³-hybridized carbons (Fsp3) is 0.273. The first kappa shape index (κ1) is 13.3. The van der Waals surface area contributed by atoms with Crippen LogP contribution in [0.5, 0.6) is 0 Å². The molecule has 2 heterocycles. The third-order valence-corrected chi connectivity index (χ3v) is 3.52. The summed E-state index contributed by atoms with van der Waals surface area (Å²) >= 11 is 1.47. The highest BCUT2D eigenvalue weighted by Crippen LogP contribution is 2.20. The molecule has 100 valence electrons. The van der Waals surface area contributed by atoms with Crippen molar-refractivity contribution in [1.29, 1.82) is 0 Å². The van der Waals surface area contributed by atoms with Crippen molar-refractivity contribution in [1.82, 2.24) is 19.7 Å². The minimum atomic E-state index is -0.396. The average molecular weight is 279 g/mol. The summed E-state index contributed by atoms with van der Waals surface area (Å²) in [6.45, 7) is 0. The molecule has 8 heteroatoms. The number of methoxy groups -OCH3 is 1. The smallest absolute Gasteiger partial charge is 0.339 e. The van der Waals surface area contributed by atoms with E-state index in [1.54, 1.807) is 23.7 Å². The second-order valence-electron chi connectivity index (χ2n) is 3.72. The van der Waals surface area contributed by atoms with Gasteiger partial charge in [-0.25, -0.2) is 4.79 Å². The van der Waals surface area contributed by atoms with Crippen LogP contribution in [-0.2, 0) is 17.5 Å². The summed E-state index contributed by atoms with van der Waals surface area (Å²) in [5, 5.41) is 8.42. The van der Waals surface area contributed by atoms with E-state index in [1.807, 2.05) is 0 Å². The predicted octanol–water partition coefficient (Wildman–Crippen LogP) is 0.871. The van der Waals surface area contributed by atoms with Gasteiger partial charge in [-0.3, -0.25) is 9.55 Å². The lowest BCUT2D eigenvalue weighted by atomic mass is 10.2. The first-order valence-corrected chi connectivity index (χ1v) is 6.41. The Morgan fingerprint density at radius 3 is 2.79 bits per heavy atom. The Labute approximate surface area is 114 Å². The van der Waals surface area contributed by atoms with E-state index in [0.29, 0.717) is 17.3 Å². The van der Waals surface area contributed by atoms with E-state index in [4.69, 9.17) is 5.73 Å². The van der Waals surface area contributed by atoms with Crippen molar-refractivity contribution >= 4 is 23.7 Å². The second kappa shape index (κ2) is 5.70. The molecule has 2 aromatic rings. The van der Waals surface area contributed by atoms with E-state index in [0.717, 1.165) is 10.9 Å². The van der Waals surface area contributed by atoms with E-state index in [1.165, 1.54) is 25.1 Å². The van der Waals surface area contributed by atoms with Gasteiger partial charge >= 0.3 is 5.97 Å². The number of aromatic nitrogens is 4. The highest BCUT2D eigenvalue weighted by atomic mass is 32.2. The molecule has 2 rings (SSSR count). The number of nitrogen functional groups attached to an aromatic ring is 1. The Kier molecular flexibility index (Phi) is 4.00. The largest absolute Gasteiger partial charge is 0.465 e. The van der Waals surface area contributed by atoms with Gasteiger partial charge in [-0.2, -0.15) is 0 Å². The first-order chi connectivity index (χ1) is 9.11. The van der Waals surface area contributed by atoms with Crippen molar-refractivity contribution in [3.63, 3.8) is 0 Å². The number of carbonyl (C=O) groups excluding carboxylic acids is 1. The molecule has 0 saturated carbocycles. The molecule has 0 aliphatic rings. The second-order valence-corrected chi connectivity index (χ2v) is 4.66. The Morgan fingerprint density at radius 2 is 2.26 bits per heavy atom. The number of ether oxygens (including phenoxy) is 1. The summed E-state index contributed by atoms with van der Waals surface area (Å²) in [7, 11) is 3.13. The molecule has 19 heavy (non-hydrogen) atoms. The maximum atomic E-state index is 11.2. The number of hydrogen-bond donors (Lipinski definition) is 1. The van der Waals surface area contributed by atoms with Crippen LogP contribution in [0.3, 0.4) is 0 Å². The molecule has 0 atom stereocenters. The van der Waals surface area contributed by atoms with Crippen LogP contribution in [0.1, 0.15) is 16.1 Å². The molecular formula is C11H13N5O2S. The number of carbonyl (C=O) groups is 1. The minimum Gasteiger partial charge on any atom is -0.465 e. The van der Waals surface area contributed by atoms with E-state index in [9.17, 15) is 4.79 Å². The molecule has 0 bridgehead atoms. The predicted molar refractivity (Wildman–Crippen MR) is 70.6 cm³/mol. The zero-order chi connectivity index (χ0) is 13.8. The molecule has 2 aromatic heterocycles. The SMILES string of the molecule is COC(=O)c1ccc(CSc2nnc(N)n2C)nc1. The molecule has 0 aliphatic carbocycles. The van der Waals surface area contributed by atoms with Crippen molar-refractivity contribution in [2.24, 2.45) is 7.05 Å². The molecule has 0 amide bonds. The normalized spacial score (nSPS) is 10.4. The van der Waals surface area contributed by atoms with Crippen LogP contribution in [-0.4, -0.2) is 32.8 Å². The van der Waals surface area contributed by atoms with Gasteiger partial charge in [-0.05, 0) is 12.1 Å². The van der Waals surface area contributed by atoms with Crippen molar-refractivity contribution in [3.8, 4) is 0 Å². The average Bonchev–Trinajstić information content (AvgIpc) is 2.76. The Balaban J connectivity index is 2.00. The summed E-state index contributed by atoms with van der Waals surface area (Å²) in [6.07, 6.45) is 1.49. The molecule has 0 fully saturated rings. The van der Waals surface area contributed by atoms with Gasteiger partial charge in [-0.1, -0.05) is 11.8 Å². The third-order valence-electron chi connectivity index (χ3n) is 2.46. The van der Waals surface area contributed by atoms with Crippen LogP contribution >= 0.6 is 11.8 Å². The Bertz CT molecular complexity index is 581. The molecule has 7 nitrogen and oxygen atoms in total. The lowest BCUT2D eigenvalue weighted by Gasteiger charge is -2.02. The summed E-state index contributed by atoms with van der Waals surface area (Å²) in [6, 6.07) is 3.46. The third kappa shape index (κ3) is 3.02. The van der Waals surface area contributed by atoms with E-state index in [2.05, 4.69) is 19.9 Å². The number of pyridine rings is 1. The molecule has 0 spiro atoms. The van der Waals surface area contributed by atoms with E-state index in [-0.39, 0.29) is 0 Å². The number of esters is 1. The van der Waals surface area contributed by atoms with Gasteiger partial charge in [0, 0.05) is 19.0 Å². The molecule has 2 N–H and O–H groups in total. The van der Waals surface area contributed by atoms with Gasteiger partial charge < -0.3 is 10.5 Å². The Hall–Kier alpha value is -2.09. The maximum Gasteiger partial charge on any atom is 0.339 e. The fourth-order valence-corrected chi connectivity index (χ4v) is 2.17. The molecular weight excluding hydrogens is 266 g/mol. The van der Waals surface area contributed by atoms with Gasteiger partial charge in [0.15, 0.2) is 5.16 Å². The van der Waals surface area contributed by atoms with Crippen LogP contribution in [0.15, 0.2) is 23.5 Å². The number of hydrogen-bond acceptors (Lipinski definition) is 7. The van der Waals surface area contributed by atoms with Gasteiger partial charge in [0.05, 0.1) is 18.4 Å². The van der Waals surface area contributed by atoms with Crippen LogP contribution in [0.2, 0.25) is 0 Å². The number of nitrogens with zero attached hydrogens (tertiary/aromatic N) is 4. The zero-order valence-corrected chi connectivity index (χ0v) is 11.3. The molecule has 0 aromatic carbocycles. The quantitative estimate of drug-likeness (QED) is 0.655. The van der Waals surface area contributed by atoms with Gasteiger partial charge in [0.25, 0.3) is 0 Å². The van der Waals surface area contributed by atoms with Crippen molar-refractivity contribution in [3.05, 3.63) is 29.6 Å². The topological polar surface area (TPSA) is 95.9 Å². The first-order valence-electron chi connectivity index (χ1n) is 5.42. The van der Waals surface area contributed by atoms with E-state index >= 15 is 0 Å². The van der Waals surface area contributed by atoms with E-state index < -0.39 is 5.97 Å². The summed E-state index contributed by atoms with van der Waals surface area (Å²) in [5.74, 6) is 0.595. The summed E-state index contributed by atoms with van der Waals surface area (Å²) in [4.78, 5) is 15.4. The van der Waals surface area contributed by atoms with Crippen LogP contribution < -0.4 is 5.73 Å². The van der Waals surface area contributed by atoms with Crippen LogP contribution in [0.25, 0.3) is 0 Å². The van der Waals surface area contributed by atoms with Crippen LogP contribution in [0, 0.1) is 0 Å². The minimum absolute atomic E-state index is 0.372. The molecule has 0 saturated heterocycles. The highest BCUT2D eigenvalue weighted by molar-refractivity contribution is 7.98. The monoisotopic (exact) mass is 279 g/mol. The fourth-order valence-electron chi connectivity index (χ4n) is 1.34. The van der Waals surface area contributed by atoms with Gasteiger partial charge in [0.1, 0.15) is 0 Å². The zero-order valence-electron chi connectivity index (χ0n) is 10.5. The number of rotatable bonds is 4. The highest BCUT2D eigenvalue weighted by Gasteiger charge is 2.08. The standard InChI is InChI=1S/C11H13N5O2S/c1-16-10(12)14-15-11(16)19-6-8-4-3-7(5-13-8)9(17)18-2/h3-5H,6H2,1-2H3,(H2,12,14). The molecule has 0 radical (unpaired) electrons. The van der Waals surface area contributed by atoms with Crippen molar-refractivity contribution < 1.29 is 9.53 Å². The van der Waals surface area contributed by atoms with Crippen molar-refractivity contribution in [2.45, 2.75) is 10.9 Å². The van der Waals surface area contributed by atoms with Crippen LogP contribution in [0.4, 0.5) is 5.95 Å². The summed E-state index contributed by atoms with van der Waals surface area (Å²) < 4.78 is 6.31. The lowest BCUT2D eigenvalue weighted by molar-refractivity contribution is 0.0600. The lowest BCUT2D eigenvalue weighted by Crippen LogP contribution is -2.02. The number of anilines is 1. The number of thioether (sulfide) groups is 1. The van der Waals surface area contributed by atoms with Gasteiger partial charge in [-0.15, -0.1) is 10.2 Å². The Morgan fingerprint density at radius 1 is 1.47 bits per heavy atom. The molecule has 0 aliphatic heterocycles. The van der Waals surface area contributed by atoms with Crippen molar-refractivity contribution in [2.75, 3.05) is 12.8 Å². The molecule has 0 unspecified atom stereocenters. The maximum absolute atomic E-state index is 11.2. The van der Waals surface area contributed by atoms with Gasteiger partial charge in [0.2, 0.25) is 5.95 Å². The summed E-state index contributed by atoms with van der Waals surface area (Å²) in [5.41, 5.74) is 6.85.